The van der Waals surface area contributed by atoms with E-state index in [-0.39, 0.29) is 0 Å². The first-order valence-corrected chi connectivity index (χ1v) is 7.11. The summed E-state index contributed by atoms with van der Waals surface area (Å²) in [6.45, 7) is 2.83. The molecule has 0 atom stereocenters. The molecule has 0 aliphatic rings. The van der Waals surface area contributed by atoms with Crippen molar-refractivity contribution in [1.29, 1.82) is 5.26 Å². The van der Waals surface area contributed by atoms with Crippen LogP contribution in [0.5, 0.6) is 0 Å². The second-order valence-corrected chi connectivity index (χ2v) is 5.30. The first-order valence-electron chi connectivity index (χ1n) is 6.73. The lowest BCUT2D eigenvalue weighted by molar-refractivity contribution is 0.804. The second kappa shape index (κ2) is 5.16. The van der Waals surface area contributed by atoms with Crippen LogP contribution < -0.4 is 5.73 Å². The number of nitrogens with zero attached hydrogens (tertiary/aromatic N) is 2. The summed E-state index contributed by atoms with van der Waals surface area (Å²) in [5.41, 5.74) is 10.1. The third kappa shape index (κ3) is 2.14. The SMILES string of the molecule is CCn1c(-c2cccc(N)c2)c(C#N)c2cc(Cl)ccc21. The molecule has 0 bridgehead atoms. The lowest BCUT2D eigenvalue weighted by Crippen LogP contribution is -1.98. The highest BCUT2D eigenvalue weighted by molar-refractivity contribution is 6.31. The maximum absolute atomic E-state index is 9.61. The fraction of sp³-hybridized carbons (Fsp3) is 0.118. The van der Waals surface area contributed by atoms with Crippen LogP contribution in [0, 0.1) is 11.3 Å². The molecule has 0 radical (unpaired) electrons. The van der Waals surface area contributed by atoms with Crippen molar-refractivity contribution >= 4 is 28.2 Å². The summed E-state index contributed by atoms with van der Waals surface area (Å²) in [4.78, 5) is 0. The van der Waals surface area contributed by atoms with Crippen molar-refractivity contribution in [3.63, 3.8) is 0 Å². The van der Waals surface area contributed by atoms with E-state index >= 15 is 0 Å². The zero-order valence-corrected chi connectivity index (χ0v) is 12.4. The molecule has 0 aliphatic carbocycles. The minimum atomic E-state index is 0.631. The number of aryl methyl sites for hydroxylation is 1. The van der Waals surface area contributed by atoms with Crippen LogP contribution in [0.25, 0.3) is 22.2 Å². The molecule has 4 heteroatoms. The van der Waals surface area contributed by atoms with Gasteiger partial charge in [-0.2, -0.15) is 5.26 Å². The van der Waals surface area contributed by atoms with Gasteiger partial charge in [0.2, 0.25) is 0 Å². The summed E-state index contributed by atoms with van der Waals surface area (Å²) in [5, 5.41) is 11.1. The summed E-state index contributed by atoms with van der Waals surface area (Å²) in [6, 6.07) is 15.6. The molecule has 0 unspecified atom stereocenters. The molecule has 3 nitrogen and oxygen atoms in total. The van der Waals surface area contributed by atoms with Crippen LogP contribution in [-0.4, -0.2) is 4.57 Å². The van der Waals surface area contributed by atoms with Crippen LogP contribution in [0.2, 0.25) is 5.02 Å². The van der Waals surface area contributed by atoms with E-state index in [0.717, 1.165) is 28.7 Å². The number of rotatable bonds is 2. The monoisotopic (exact) mass is 295 g/mol. The van der Waals surface area contributed by atoms with Crippen molar-refractivity contribution < 1.29 is 0 Å². The van der Waals surface area contributed by atoms with Gasteiger partial charge in [0.1, 0.15) is 6.07 Å². The molecule has 21 heavy (non-hydrogen) atoms. The number of hydrogen-bond donors (Lipinski definition) is 1. The summed E-state index contributed by atoms with van der Waals surface area (Å²) < 4.78 is 2.12. The number of halogens is 1. The number of aromatic nitrogens is 1. The van der Waals surface area contributed by atoms with Gasteiger partial charge >= 0.3 is 0 Å². The van der Waals surface area contributed by atoms with Crippen molar-refractivity contribution in [2.75, 3.05) is 5.73 Å². The third-order valence-corrected chi connectivity index (χ3v) is 3.85. The highest BCUT2D eigenvalue weighted by atomic mass is 35.5. The maximum Gasteiger partial charge on any atom is 0.102 e. The normalized spacial score (nSPS) is 10.7. The van der Waals surface area contributed by atoms with E-state index in [4.69, 9.17) is 17.3 Å². The molecular weight excluding hydrogens is 282 g/mol. The van der Waals surface area contributed by atoms with Crippen LogP contribution in [0.4, 0.5) is 5.69 Å². The van der Waals surface area contributed by atoms with Gasteiger partial charge in [-0.25, -0.2) is 0 Å². The number of hydrogen-bond acceptors (Lipinski definition) is 2. The molecule has 104 valence electrons. The van der Waals surface area contributed by atoms with Crippen molar-refractivity contribution in [2.45, 2.75) is 13.5 Å². The molecule has 0 aliphatic heterocycles. The van der Waals surface area contributed by atoms with Gasteiger partial charge in [0.15, 0.2) is 0 Å². The minimum absolute atomic E-state index is 0.631. The van der Waals surface area contributed by atoms with Gasteiger partial charge in [-0.1, -0.05) is 23.7 Å². The van der Waals surface area contributed by atoms with Gasteiger partial charge in [0.25, 0.3) is 0 Å². The maximum atomic E-state index is 9.61. The highest BCUT2D eigenvalue weighted by Gasteiger charge is 2.18. The van der Waals surface area contributed by atoms with Gasteiger partial charge in [-0.05, 0) is 37.3 Å². The molecule has 0 saturated heterocycles. The number of nitrogens with two attached hydrogens (primary N) is 1. The van der Waals surface area contributed by atoms with Crippen LogP contribution in [0.15, 0.2) is 42.5 Å². The van der Waals surface area contributed by atoms with E-state index in [2.05, 4.69) is 17.6 Å². The Morgan fingerprint density at radius 3 is 2.71 bits per heavy atom. The summed E-state index contributed by atoms with van der Waals surface area (Å²) in [5.74, 6) is 0. The molecular formula is C17H14ClN3. The first kappa shape index (κ1) is 13.5. The smallest absolute Gasteiger partial charge is 0.102 e. The van der Waals surface area contributed by atoms with Gasteiger partial charge in [-0.15, -0.1) is 0 Å². The number of nitriles is 1. The standard InChI is InChI=1S/C17H14ClN3/c1-2-21-16-7-6-12(18)9-14(16)15(10-19)17(21)11-4-3-5-13(20)8-11/h3-9H,2,20H2,1H3. The lowest BCUT2D eigenvalue weighted by Gasteiger charge is -2.09. The highest BCUT2D eigenvalue weighted by Crippen LogP contribution is 2.35. The zero-order chi connectivity index (χ0) is 15.0. The zero-order valence-electron chi connectivity index (χ0n) is 11.6. The first-order chi connectivity index (χ1) is 10.2. The van der Waals surface area contributed by atoms with Gasteiger partial charge in [-0.3, -0.25) is 0 Å². The molecule has 0 spiro atoms. The molecule has 1 heterocycles. The minimum Gasteiger partial charge on any atom is -0.399 e. The predicted molar refractivity (Wildman–Crippen MR) is 87.2 cm³/mol. The Labute approximate surface area is 128 Å². The molecule has 2 aromatic carbocycles. The molecule has 3 aromatic rings. The van der Waals surface area contributed by atoms with Crippen LogP contribution in [-0.2, 0) is 6.54 Å². The van der Waals surface area contributed by atoms with E-state index in [0.29, 0.717) is 16.3 Å². The van der Waals surface area contributed by atoms with Crippen LogP contribution >= 0.6 is 11.6 Å². The topological polar surface area (TPSA) is 54.7 Å². The number of benzene rings is 2. The Morgan fingerprint density at radius 1 is 1.24 bits per heavy atom. The molecule has 3 rings (SSSR count). The van der Waals surface area contributed by atoms with Crippen molar-refractivity contribution in [3.8, 4) is 17.3 Å². The average Bonchev–Trinajstić information content (AvgIpc) is 2.79. The van der Waals surface area contributed by atoms with Gasteiger partial charge in [0, 0.05) is 33.7 Å². The van der Waals surface area contributed by atoms with E-state index in [9.17, 15) is 5.26 Å². The Morgan fingerprint density at radius 2 is 2.05 bits per heavy atom. The van der Waals surface area contributed by atoms with Crippen LogP contribution in [0.1, 0.15) is 12.5 Å². The predicted octanol–water partition coefficient (Wildman–Crippen LogP) is 4.44. The lowest BCUT2D eigenvalue weighted by atomic mass is 10.1. The second-order valence-electron chi connectivity index (χ2n) is 4.87. The van der Waals surface area contributed by atoms with Gasteiger partial charge < -0.3 is 10.3 Å². The van der Waals surface area contributed by atoms with Crippen LogP contribution in [0.3, 0.4) is 0 Å². The van der Waals surface area contributed by atoms with Crippen molar-refractivity contribution in [1.82, 2.24) is 4.57 Å². The Kier molecular flexibility index (Phi) is 3.32. The van der Waals surface area contributed by atoms with E-state index < -0.39 is 0 Å². The third-order valence-electron chi connectivity index (χ3n) is 3.61. The Bertz CT molecular complexity index is 872. The number of nitrogen functional groups attached to an aromatic ring is 1. The van der Waals surface area contributed by atoms with Crippen molar-refractivity contribution in [2.24, 2.45) is 0 Å². The summed E-state index contributed by atoms with van der Waals surface area (Å²) in [6.07, 6.45) is 0. The van der Waals surface area contributed by atoms with Gasteiger partial charge in [0.05, 0.1) is 11.3 Å². The molecule has 0 saturated carbocycles. The number of fused-ring (bicyclic) bond motifs is 1. The number of anilines is 1. The summed E-state index contributed by atoms with van der Waals surface area (Å²) >= 11 is 6.08. The molecule has 1 aromatic heterocycles. The molecule has 0 fully saturated rings. The fourth-order valence-corrected chi connectivity index (χ4v) is 2.93. The van der Waals surface area contributed by atoms with E-state index in [1.54, 1.807) is 0 Å². The van der Waals surface area contributed by atoms with Crippen molar-refractivity contribution in [3.05, 3.63) is 53.1 Å². The fourth-order valence-electron chi connectivity index (χ4n) is 2.75. The molecule has 0 amide bonds. The average molecular weight is 296 g/mol. The van der Waals surface area contributed by atoms with E-state index in [1.165, 1.54) is 0 Å². The quantitative estimate of drug-likeness (QED) is 0.711. The van der Waals surface area contributed by atoms with E-state index in [1.807, 2.05) is 42.5 Å². The largest absolute Gasteiger partial charge is 0.399 e. The molecule has 2 N–H and O–H groups in total. The Balaban J connectivity index is 2.44. The summed E-state index contributed by atoms with van der Waals surface area (Å²) in [7, 11) is 0. The Hall–Kier alpha value is -2.44.